The Morgan fingerprint density at radius 2 is 1.72 bits per heavy atom. The standard InChI is InChI=1S/C18H19N3O4/c19-18(23)20-11-12-2-4-13(5-3-12)17(22)21-14-6-7-15-16(10-14)25-9-1-8-24-15/h2-7,10H,1,8-9,11H2,(H,21,22)(H3,19,20,23). The Balaban J connectivity index is 1.65. The molecule has 4 N–H and O–H groups in total. The van der Waals surface area contributed by atoms with Gasteiger partial charge in [-0.1, -0.05) is 12.1 Å². The zero-order valence-corrected chi connectivity index (χ0v) is 13.6. The molecule has 130 valence electrons. The predicted molar refractivity (Wildman–Crippen MR) is 92.9 cm³/mol. The van der Waals surface area contributed by atoms with Crippen LogP contribution in [0.2, 0.25) is 0 Å². The van der Waals surface area contributed by atoms with E-state index in [0.29, 0.717) is 42.5 Å². The normalized spacial score (nSPS) is 12.8. The highest BCUT2D eigenvalue weighted by molar-refractivity contribution is 6.04. The van der Waals surface area contributed by atoms with Crippen LogP contribution in [0, 0.1) is 0 Å². The van der Waals surface area contributed by atoms with E-state index in [-0.39, 0.29) is 5.91 Å². The zero-order valence-electron chi connectivity index (χ0n) is 13.6. The lowest BCUT2D eigenvalue weighted by Crippen LogP contribution is -2.28. The summed E-state index contributed by atoms with van der Waals surface area (Å²) in [6, 6.07) is 11.6. The van der Waals surface area contributed by atoms with Gasteiger partial charge in [-0.05, 0) is 29.8 Å². The number of carbonyl (C=O) groups excluding carboxylic acids is 2. The molecule has 0 unspecified atom stereocenters. The number of nitrogens with two attached hydrogens (primary N) is 1. The van der Waals surface area contributed by atoms with Gasteiger partial charge in [-0.2, -0.15) is 0 Å². The van der Waals surface area contributed by atoms with Crippen LogP contribution in [-0.2, 0) is 6.54 Å². The van der Waals surface area contributed by atoms with E-state index in [1.165, 1.54) is 0 Å². The molecular weight excluding hydrogens is 322 g/mol. The number of nitrogens with one attached hydrogen (secondary N) is 2. The number of fused-ring (bicyclic) bond motifs is 1. The van der Waals surface area contributed by atoms with Gasteiger partial charge in [-0.3, -0.25) is 4.79 Å². The number of urea groups is 1. The quantitative estimate of drug-likeness (QED) is 0.794. The third-order valence-corrected chi connectivity index (χ3v) is 3.69. The Bertz CT molecular complexity index is 774. The van der Waals surface area contributed by atoms with Gasteiger partial charge < -0.3 is 25.8 Å². The largest absolute Gasteiger partial charge is 0.490 e. The number of rotatable bonds is 4. The van der Waals surface area contributed by atoms with Crippen LogP contribution in [0.5, 0.6) is 11.5 Å². The molecule has 3 rings (SSSR count). The van der Waals surface area contributed by atoms with Crippen molar-refractivity contribution in [3.63, 3.8) is 0 Å². The summed E-state index contributed by atoms with van der Waals surface area (Å²) in [6.07, 6.45) is 0.827. The summed E-state index contributed by atoms with van der Waals surface area (Å²) in [4.78, 5) is 23.1. The Hall–Kier alpha value is -3.22. The number of benzene rings is 2. The first-order valence-corrected chi connectivity index (χ1v) is 7.95. The summed E-state index contributed by atoms with van der Waals surface area (Å²) in [5, 5.41) is 5.33. The van der Waals surface area contributed by atoms with Crippen LogP contribution in [0.1, 0.15) is 22.3 Å². The van der Waals surface area contributed by atoms with E-state index in [1.807, 2.05) is 0 Å². The molecule has 1 aliphatic heterocycles. The number of anilines is 1. The predicted octanol–water partition coefficient (Wildman–Crippen LogP) is 2.27. The summed E-state index contributed by atoms with van der Waals surface area (Å²) in [5.74, 6) is 1.08. The van der Waals surface area contributed by atoms with Crippen LogP contribution in [0.4, 0.5) is 10.5 Å². The van der Waals surface area contributed by atoms with E-state index >= 15 is 0 Å². The van der Waals surface area contributed by atoms with Gasteiger partial charge in [0.1, 0.15) is 0 Å². The first kappa shape index (κ1) is 16.6. The van der Waals surface area contributed by atoms with Crippen molar-refractivity contribution in [3.8, 4) is 11.5 Å². The smallest absolute Gasteiger partial charge is 0.312 e. The highest BCUT2D eigenvalue weighted by Gasteiger charge is 2.12. The lowest BCUT2D eigenvalue weighted by molar-refractivity contribution is 0.102. The Morgan fingerprint density at radius 3 is 2.44 bits per heavy atom. The molecule has 0 spiro atoms. The van der Waals surface area contributed by atoms with Gasteiger partial charge in [0.2, 0.25) is 0 Å². The maximum Gasteiger partial charge on any atom is 0.312 e. The topological polar surface area (TPSA) is 103 Å². The van der Waals surface area contributed by atoms with Crippen molar-refractivity contribution in [2.75, 3.05) is 18.5 Å². The highest BCUT2D eigenvalue weighted by atomic mass is 16.5. The maximum absolute atomic E-state index is 12.4. The molecule has 0 bridgehead atoms. The van der Waals surface area contributed by atoms with Crippen molar-refractivity contribution < 1.29 is 19.1 Å². The summed E-state index contributed by atoms with van der Waals surface area (Å²) in [5.41, 5.74) is 7.02. The second kappa shape index (κ2) is 7.57. The summed E-state index contributed by atoms with van der Waals surface area (Å²) in [7, 11) is 0. The van der Waals surface area contributed by atoms with Crippen LogP contribution in [0.15, 0.2) is 42.5 Å². The third kappa shape index (κ3) is 4.41. The van der Waals surface area contributed by atoms with Crippen LogP contribution >= 0.6 is 0 Å². The summed E-state index contributed by atoms with van der Waals surface area (Å²) < 4.78 is 11.2. The molecule has 1 heterocycles. The van der Waals surface area contributed by atoms with Crippen LogP contribution in [0.3, 0.4) is 0 Å². The number of hydrogen-bond acceptors (Lipinski definition) is 4. The molecule has 1 aliphatic rings. The molecule has 0 radical (unpaired) electrons. The monoisotopic (exact) mass is 341 g/mol. The molecule has 0 atom stereocenters. The van der Waals surface area contributed by atoms with Crippen LogP contribution in [-0.4, -0.2) is 25.2 Å². The van der Waals surface area contributed by atoms with Crippen LogP contribution in [0.25, 0.3) is 0 Å². The Kier molecular flexibility index (Phi) is 5.03. The second-order valence-corrected chi connectivity index (χ2v) is 5.58. The van der Waals surface area contributed by atoms with E-state index in [9.17, 15) is 9.59 Å². The Morgan fingerprint density at radius 1 is 1.00 bits per heavy atom. The Labute approximate surface area is 145 Å². The molecule has 0 saturated heterocycles. The van der Waals surface area contributed by atoms with Gasteiger partial charge in [0.15, 0.2) is 11.5 Å². The van der Waals surface area contributed by atoms with Gasteiger partial charge in [0, 0.05) is 30.3 Å². The minimum atomic E-state index is -0.587. The summed E-state index contributed by atoms with van der Waals surface area (Å²) in [6.45, 7) is 1.53. The van der Waals surface area contributed by atoms with E-state index in [1.54, 1.807) is 42.5 Å². The van der Waals surface area contributed by atoms with Gasteiger partial charge in [-0.15, -0.1) is 0 Å². The molecule has 2 aromatic rings. The molecule has 0 saturated carbocycles. The van der Waals surface area contributed by atoms with Gasteiger partial charge in [0.05, 0.1) is 13.2 Å². The SMILES string of the molecule is NC(=O)NCc1ccc(C(=O)Nc2ccc3c(c2)OCCCO3)cc1. The van der Waals surface area contributed by atoms with E-state index in [0.717, 1.165) is 12.0 Å². The van der Waals surface area contributed by atoms with E-state index in [2.05, 4.69) is 10.6 Å². The first-order chi connectivity index (χ1) is 12.1. The van der Waals surface area contributed by atoms with Crippen molar-refractivity contribution in [1.82, 2.24) is 5.32 Å². The van der Waals surface area contributed by atoms with Gasteiger partial charge in [-0.25, -0.2) is 4.79 Å². The molecule has 2 aromatic carbocycles. The van der Waals surface area contributed by atoms with Crippen molar-refractivity contribution in [2.45, 2.75) is 13.0 Å². The first-order valence-electron chi connectivity index (χ1n) is 7.95. The molecule has 0 aromatic heterocycles. The molecule has 25 heavy (non-hydrogen) atoms. The lowest BCUT2D eigenvalue weighted by Gasteiger charge is -2.11. The second-order valence-electron chi connectivity index (χ2n) is 5.58. The molecule has 0 aliphatic carbocycles. The van der Waals surface area contributed by atoms with E-state index in [4.69, 9.17) is 15.2 Å². The van der Waals surface area contributed by atoms with Gasteiger partial charge in [0.25, 0.3) is 5.91 Å². The summed E-state index contributed by atoms with van der Waals surface area (Å²) >= 11 is 0. The van der Waals surface area contributed by atoms with Crippen molar-refractivity contribution >= 4 is 17.6 Å². The molecule has 7 heteroatoms. The number of carbonyl (C=O) groups is 2. The minimum absolute atomic E-state index is 0.232. The number of ether oxygens (including phenoxy) is 2. The fraction of sp³-hybridized carbons (Fsp3) is 0.222. The number of primary amides is 1. The fourth-order valence-electron chi connectivity index (χ4n) is 2.41. The molecule has 7 nitrogen and oxygen atoms in total. The molecular formula is C18H19N3O4. The third-order valence-electron chi connectivity index (χ3n) is 3.69. The van der Waals surface area contributed by atoms with E-state index < -0.39 is 6.03 Å². The molecule has 0 fully saturated rings. The average Bonchev–Trinajstić information content (AvgIpc) is 2.85. The minimum Gasteiger partial charge on any atom is -0.490 e. The fourth-order valence-corrected chi connectivity index (χ4v) is 2.41. The number of hydrogen-bond donors (Lipinski definition) is 3. The average molecular weight is 341 g/mol. The molecule has 3 amide bonds. The lowest BCUT2D eigenvalue weighted by atomic mass is 10.1. The van der Waals surface area contributed by atoms with Gasteiger partial charge >= 0.3 is 6.03 Å². The highest BCUT2D eigenvalue weighted by Crippen LogP contribution is 2.32. The van der Waals surface area contributed by atoms with Crippen molar-refractivity contribution in [2.24, 2.45) is 5.73 Å². The zero-order chi connectivity index (χ0) is 17.6. The number of amides is 3. The van der Waals surface area contributed by atoms with Crippen molar-refractivity contribution in [3.05, 3.63) is 53.6 Å². The van der Waals surface area contributed by atoms with Crippen LogP contribution < -0.4 is 25.8 Å². The maximum atomic E-state index is 12.4. The van der Waals surface area contributed by atoms with Crippen molar-refractivity contribution in [1.29, 1.82) is 0 Å².